The summed E-state index contributed by atoms with van der Waals surface area (Å²) in [7, 11) is 0. The van der Waals surface area contributed by atoms with Crippen LogP contribution in [0.2, 0.25) is 0 Å². The normalized spacial score (nSPS) is 15.0. The number of aryl methyl sites for hydroxylation is 4. The second-order valence-corrected chi connectivity index (χ2v) is 16.2. The molecule has 12 heteroatoms. The minimum absolute atomic E-state index is 0.128. The Bertz CT molecular complexity index is 2580. The molecule has 0 saturated heterocycles. The van der Waals surface area contributed by atoms with Crippen molar-refractivity contribution in [2.24, 2.45) is 5.92 Å². The van der Waals surface area contributed by atoms with Gasteiger partial charge in [0.1, 0.15) is 11.4 Å². The molecule has 1 aliphatic rings. The topological polar surface area (TPSA) is 111 Å². The van der Waals surface area contributed by atoms with Crippen LogP contribution in [0, 0.1) is 5.92 Å². The van der Waals surface area contributed by atoms with Gasteiger partial charge in [-0.3, -0.25) is 25.2 Å². The molecule has 59 heavy (non-hydrogen) atoms. The Hall–Kier alpha value is -6.50. The highest BCUT2D eigenvalue weighted by molar-refractivity contribution is 7.14. The second kappa shape index (κ2) is 18.8. The zero-order valence-electron chi connectivity index (χ0n) is 32.7. The van der Waals surface area contributed by atoms with Gasteiger partial charge in [0.2, 0.25) is 0 Å². The maximum Gasteiger partial charge on any atom is 0.274 e. The van der Waals surface area contributed by atoms with Gasteiger partial charge in [-0.2, -0.15) is 4.57 Å². The van der Waals surface area contributed by atoms with E-state index in [0.29, 0.717) is 28.2 Å². The highest BCUT2D eigenvalue weighted by Crippen LogP contribution is 2.28. The Morgan fingerprint density at radius 2 is 1.44 bits per heavy atom. The fourth-order valence-corrected chi connectivity index (χ4v) is 8.64. The quantitative estimate of drug-likeness (QED) is 0.0946. The van der Waals surface area contributed by atoms with Crippen molar-refractivity contribution in [2.75, 3.05) is 10.6 Å². The number of pyridine rings is 2. The second-order valence-electron chi connectivity index (χ2n) is 14.5. The Kier molecular flexibility index (Phi) is 12.6. The number of thiazole rings is 2. The molecule has 0 bridgehead atoms. The number of nitrogens with one attached hydrogen (secondary N) is 2. The van der Waals surface area contributed by atoms with Gasteiger partial charge in [-0.05, 0) is 96.5 Å². The number of nitrogens with zero attached hydrogens (tertiary/aromatic N) is 6. The monoisotopic (exact) mass is 817 g/mol. The Morgan fingerprint density at radius 1 is 0.746 bits per heavy atom. The number of benzene rings is 1. The average molecular weight is 818 g/mol. The standard InChI is InChI=1S/C47H44N8O2S2/c1-34-38(17-19-40-33-59-47(50-40)51-44(56)42-14-7-27-53(42)26-6-11-36-20-24-48-25-21-36)12-5-13-41(34)54-29-22-37(23-30-54)31-55-28-8-15-43(55)45(57)52-46-49-39(32-58-46)18-16-35-9-3-2-4-10-35/h2-5,7-10,12-15,17,19-25,27-30,32-34,41H,6,11,16,18,26,31H2,1H3,(H-,49,50,51,52,56,57)/p+1/b19-17+. The molecule has 0 spiro atoms. The summed E-state index contributed by atoms with van der Waals surface area (Å²) in [6, 6.07) is 26.2. The number of hydrogen-bond donors (Lipinski definition) is 2. The molecular weight excluding hydrogens is 773 g/mol. The van der Waals surface area contributed by atoms with E-state index < -0.39 is 0 Å². The lowest BCUT2D eigenvalue weighted by Crippen LogP contribution is -2.42. The molecule has 7 aromatic rings. The first-order valence-corrected chi connectivity index (χ1v) is 21.5. The van der Waals surface area contributed by atoms with Crippen LogP contribution in [0.1, 0.15) is 68.4 Å². The Balaban J connectivity index is 0.824. The van der Waals surface area contributed by atoms with E-state index in [9.17, 15) is 9.59 Å². The van der Waals surface area contributed by atoms with Crippen LogP contribution < -0.4 is 15.2 Å². The van der Waals surface area contributed by atoms with Gasteiger partial charge in [0.25, 0.3) is 11.8 Å². The fraction of sp³-hybridized carbons (Fsp3) is 0.191. The van der Waals surface area contributed by atoms with Crippen molar-refractivity contribution in [1.82, 2.24) is 24.1 Å². The summed E-state index contributed by atoms with van der Waals surface area (Å²) in [5.74, 6) is -0.133. The van der Waals surface area contributed by atoms with Crippen molar-refractivity contribution in [3.63, 3.8) is 0 Å². The number of hydrogen-bond acceptors (Lipinski definition) is 7. The van der Waals surface area contributed by atoms with Gasteiger partial charge in [-0.25, -0.2) is 9.97 Å². The number of rotatable bonds is 16. The SMILES string of the molecule is CC1C(/C=C/c2csc(NC(=O)c3cccn3CCCc3ccncc3)n2)=CC=CC1[n+]1ccc(Cn2cccc2C(=O)Nc2nc(CCc3ccccc3)cs2)cc1. The van der Waals surface area contributed by atoms with Crippen LogP contribution in [0.15, 0.2) is 157 Å². The molecule has 6 heterocycles. The van der Waals surface area contributed by atoms with Crippen LogP contribution in [0.25, 0.3) is 6.08 Å². The molecule has 1 aromatic carbocycles. The van der Waals surface area contributed by atoms with Crippen molar-refractivity contribution in [3.05, 3.63) is 196 Å². The van der Waals surface area contributed by atoms with Crippen molar-refractivity contribution in [2.45, 2.75) is 51.7 Å². The smallest absolute Gasteiger partial charge is 0.274 e. The minimum atomic E-state index is -0.174. The molecule has 0 aliphatic heterocycles. The lowest BCUT2D eigenvalue weighted by Gasteiger charge is -2.21. The number of aromatic nitrogens is 6. The first-order chi connectivity index (χ1) is 28.9. The summed E-state index contributed by atoms with van der Waals surface area (Å²) >= 11 is 2.87. The van der Waals surface area contributed by atoms with E-state index in [0.717, 1.165) is 49.2 Å². The van der Waals surface area contributed by atoms with Gasteiger partial charge in [-0.15, -0.1) is 22.7 Å². The molecule has 2 atom stereocenters. The zero-order valence-corrected chi connectivity index (χ0v) is 34.4. The van der Waals surface area contributed by atoms with Gasteiger partial charge >= 0.3 is 0 Å². The molecule has 0 saturated carbocycles. The van der Waals surface area contributed by atoms with Crippen LogP contribution in [0.4, 0.5) is 10.3 Å². The van der Waals surface area contributed by atoms with Crippen molar-refractivity contribution < 1.29 is 14.2 Å². The molecule has 0 radical (unpaired) electrons. The third-order valence-electron chi connectivity index (χ3n) is 10.5. The predicted molar refractivity (Wildman–Crippen MR) is 236 cm³/mol. The molecule has 2 unspecified atom stereocenters. The maximum atomic E-state index is 13.3. The molecule has 0 fully saturated rings. The third kappa shape index (κ3) is 10.2. The van der Waals surface area contributed by atoms with Crippen molar-refractivity contribution >= 4 is 50.8 Å². The van der Waals surface area contributed by atoms with Gasteiger partial charge in [0.05, 0.1) is 11.4 Å². The Labute approximate surface area is 352 Å². The summed E-state index contributed by atoms with van der Waals surface area (Å²) in [6.45, 7) is 3.54. The summed E-state index contributed by atoms with van der Waals surface area (Å²) in [5.41, 5.74) is 7.75. The van der Waals surface area contributed by atoms with Crippen LogP contribution in [-0.2, 0) is 32.4 Å². The van der Waals surface area contributed by atoms with E-state index >= 15 is 0 Å². The molecule has 1 aliphatic carbocycles. The van der Waals surface area contributed by atoms with Gasteiger partial charge < -0.3 is 9.13 Å². The lowest BCUT2D eigenvalue weighted by atomic mass is 9.88. The zero-order chi connectivity index (χ0) is 40.4. The first kappa shape index (κ1) is 39.3. The average Bonchev–Trinajstić information content (AvgIpc) is 4.10. The fourth-order valence-electron chi connectivity index (χ4n) is 7.23. The molecular formula is C47H45N8O2S2+. The molecule has 2 N–H and O–H groups in total. The number of carbonyl (C=O) groups is 2. The summed E-state index contributed by atoms with van der Waals surface area (Å²) in [6.07, 6.45) is 25.9. The molecule has 8 rings (SSSR count). The summed E-state index contributed by atoms with van der Waals surface area (Å²) in [4.78, 5) is 39.9. The van der Waals surface area contributed by atoms with Crippen molar-refractivity contribution in [1.29, 1.82) is 0 Å². The summed E-state index contributed by atoms with van der Waals surface area (Å²) < 4.78 is 6.18. The van der Waals surface area contributed by atoms with E-state index in [1.165, 1.54) is 39.4 Å². The predicted octanol–water partition coefficient (Wildman–Crippen LogP) is 9.24. The molecule has 296 valence electrons. The van der Waals surface area contributed by atoms with Crippen LogP contribution in [0.3, 0.4) is 0 Å². The minimum Gasteiger partial charge on any atom is -0.344 e. The maximum absolute atomic E-state index is 13.3. The van der Waals surface area contributed by atoms with Gasteiger partial charge in [-0.1, -0.05) is 55.5 Å². The van der Waals surface area contributed by atoms with E-state index in [1.54, 1.807) is 0 Å². The van der Waals surface area contributed by atoms with Crippen LogP contribution in [-0.4, -0.2) is 35.9 Å². The molecule has 6 aromatic heterocycles. The van der Waals surface area contributed by atoms with Crippen molar-refractivity contribution in [3.8, 4) is 0 Å². The Morgan fingerprint density at radius 3 is 2.22 bits per heavy atom. The number of anilines is 2. The largest absolute Gasteiger partial charge is 0.344 e. The highest BCUT2D eigenvalue weighted by Gasteiger charge is 2.27. The van der Waals surface area contributed by atoms with Crippen LogP contribution in [0.5, 0.6) is 0 Å². The van der Waals surface area contributed by atoms with Crippen LogP contribution >= 0.6 is 22.7 Å². The highest BCUT2D eigenvalue weighted by atomic mass is 32.1. The van der Waals surface area contributed by atoms with E-state index in [1.807, 2.05) is 105 Å². The van der Waals surface area contributed by atoms with E-state index in [-0.39, 0.29) is 23.8 Å². The van der Waals surface area contributed by atoms with E-state index in [2.05, 4.69) is 98.0 Å². The third-order valence-corrected chi connectivity index (χ3v) is 12.0. The lowest BCUT2D eigenvalue weighted by molar-refractivity contribution is -0.717. The van der Waals surface area contributed by atoms with Gasteiger partial charge in [0.15, 0.2) is 28.7 Å². The number of allylic oxidation sites excluding steroid dienone is 5. The number of carbonyl (C=O) groups excluding carboxylic acids is 2. The first-order valence-electron chi connectivity index (χ1n) is 19.8. The summed E-state index contributed by atoms with van der Waals surface area (Å²) in [5, 5.41) is 11.1. The number of amides is 2. The van der Waals surface area contributed by atoms with Gasteiger partial charge in [0, 0.05) is 66.7 Å². The molecule has 2 amide bonds. The van der Waals surface area contributed by atoms with E-state index in [4.69, 9.17) is 0 Å². The molecule has 10 nitrogen and oxygen atoms in total.